The summed E-state index contributed by atoms with van der Waals surface area (Å²) in [6.07, 6.45) is 6.28. The van der Waals surface area contributed by atoms with Crippen molar-refractivity contribution < 1.29 is 21.8 Å². The Hall–Kier alpha value is 0.980. The number of alkyl halides is 1. The van der Waals surface area contributed by atoms with Gasteiger partial charge in [0.05, 0.1) is 12.5 Å². The van der Waals surface area contributed by atoms with Crippen LogP contribution >= 0.6 is 15.9 Å². The second-order valence-corrected chi connectivity index (χ2v) is 6.18. The third-order valence-electron chi connectivity index (χ3n) is 1.91. The lowest BCUT2D eigenvalue weighted by atomic mass is 10.3. The quantitative estimate of drug-likeness (QED) is 0.420. The number of carbonyl (C=O) groups is 1. The van der Waals surface area contributed by atoms with Crippen molar-refractivity contribution in [2.75, 3.05) is 12.5 Å². The second-order valence-electron chi connectivity index (χ2n) is 2.82. The summed E-state index contributed by atoms with van der Waals surface area (Å²) in [5.74, 6) is 0.395. The van der Waals surface area contributed by atoms with Crippen molar-refractivity contribution in [3.63, 3.8) is 0 Å². The number of ketones is 1. The van der Waals surface area contributed by atoms with Crippen molar-refractivity contribution in [3.05, 3.63) is 0 Å². The molecule has 2 unspecified atom stereocenters. The van der Waals surface area contributed by atoms with Gasteiger partial charge >= 0.3 is 0 Å². The Labute approximate surface area is 89.6 Å². The van der Waals surface area contributed by atoms with Gasteiger partial charge in [0.15, 0.2) is 5.78 Å². The van der Waals surface area contributed by atoms with Gasteiger partial charge in [0.2, 0.25) is 0 Å². The molecule has 1 nitrogen and oxygen atoms in total. The van der Waals surface area contributed by atoms with Crippen LogP contribution in [0.5, 0.6) is 0 Å². The molecular weight excluding hydrogens is 292 g/mol. The fourth-order valence-electron chi connectivity index (χ4n) is 1.25. The van der Waals surface area contributed by atoms with Gasteiger partial charge < -0.3 is 17.0 Å². The third-order valence-corrected chi connectivity index (χ3v) is 5.13. The maximum atomic E-state index is 11.0. The third kappa shape index (κ3) is 2.74. The molecule has 1 rings (SSSR count). The van der Waals surface area contributed by atoms with Gasteiger partial charge in [-0.15, -0.1) is 0 Å². The first-order chi connectivity index (χ1) is 4.63. The van der Waals surface area contributed by atoms with Crippen molar-refractivity contribution >= 4 is 32.6 Å². The summed E-state index contributed by atoms with van der Waals surface area (Å²) in [5.41, 5.74) is 0. The number of Topliss-reactive ketones (excluding diaryl/α,β-unsaturated/α-hetero) is 1. The van der Waals surface area contributed by atoms with Crippen LogP contribution in [0.2, 0.25) is 0 Å². The van der Waals surface area contributed by atoms with Crippen LogP contribution in [-0.4, -0.2) is 28.4 Å². The first-order valence-electron chi connectivity index (χ1n) is 3.36. The van der Waals surface area contributed by atoms with Gasteiger partial charge in [0.1, 0.15) is 10.1 Å². The molecule has 0 radical (unpaired) electrons. The molecule has 0 heterocycles. The number of halogens is 2. The molecule has 0 saturated heterocycles. The Morgan fingerprint density at radius 3 is 2.27 bits per heavy atom. The lowest BCUT2D eigenvalue weighted by Gasteiger charge is -2.07. The molecule has 0 aromatic heterocycles. The van der Waals surface area contributed by atoms with E-state index in [1.807, 2.05) is 0 Å². The van der Waals surface area contributed by atoms with Crippen molar-refractivity contribution in [3.8, 4) is 0 Å². The molecule has 11 heavy (non-hydrogen) atoms. The van der Waals surface area contributed by atoms with Crippen molar-refractivity contribution in [1.29, 1.82) is 0 Å². The highest BCUT2D eigenvalue weighted by Gasteiger charge is 2.40. The molecule has 0 aromatic rings. The van der Waals surface area contributed by atoms with E-state index in [1.54, 1.807) is 0 Å². The van der Waals surface area contributed by atoms with E-state index in [9.17, 15) is 4.79 Å². The molecule has 0 spiro atoms. The van der Waals surface area contributed by atoms with Crippen molar-refractivity contribution in [1.82, 2.24) is 0 Å². The molecular formula is C7H12Br2OS. The second kappa shape index (κ2) is 4.87. The first-order valence-corrected chi connectivity index (χ1v) is 6.38. The molecule has 1 aliphatic carbocycles. The van der Waals surface area contributed by atoms with Gasteiger partial charge in [0, 0.05) is 12.8 Å². The average Bonchev–Trinajstić information content (AvgIpc) is 2.14. The van der Waals surface area contributed by atoms with Crippen LogP contribution < -0.4 is 17.0 Å². The number of rotatable bonds is 1. The van der Waals surface area contributed by atoms with Crippen LogP contribution in [0.1, 0.15) is 12.8 Å². The molecule has 1 saturated carbocycles. The highest BCUT2D eigenvalue weighted by atomic mass is 79.9. The highest BCUT2D eigenvalue weighted by Crippen LogP contribution is 2.27. The molecule has 0 aromatic carbocycles. The van der Waals surface area contributed by atoms with Crippen molar-refractivity contribution in [2.45, 2.75) is 22.9 Å². The van der Waals surface area contributed by atoms with E-state index in [0.29, 0.717) is 21.9 Å². The van der Waals surface area contributed by atoms with Gasteiger partial charge in [-0.3, -0.25) is 4.79 Å². The molecule has 0 bridgehead atoms. The summed E-state index contributed by atoms with van der Waals surface area (Å²) in [6.45, 7) is 0. The van der Waals surface area contributed by atoms with E-state index in [0.717, 1.165) is 12.8 Å². The van der Waals surface area contributed by atoms with Gasteiger partial charge in [0.25, 0.3) is 0 Å². The number of hydrogen-bond acceptors (Lipinski definition) is 1. The summed E-state index contributed by atoms with van der Waals surface area (Å²) in [6, 6.07) is 0. The lowest BCUT2D eigenvalue weighted by Crippen LogP contribution is -3.00. The normalized spacial score (nSPS) is 30.7. The van der Waals surface area contributed by atoms with Crippen LogP contribution in [0.4, 0.5) is 0 Å². The van der Waals surface area contributed by atoms with Gasteiger partial charge in [-0.05, 0) is 10.9 Å². The maximum Gasteiger partial charge on any atom is 0.151 e. The molecule has 0 aliphatic heterocycles. The predicted octanol–water partition coefficient (Wildman–Crippen LogP) is -1.64. The smallest absolute Gasteiger partial charge is 0.151 e. The topological polar surface area (TPSA) is 17.1 Å². The monoisotopic (exact) mass is 302 g/mol. The van der Waals surface area contributed by atoms with Crippen LogP contribution in [0, 0.1) is 0 Å². The Morgan fingerprint density at radius 2 is 2.09 bits per heavy atom. The van der Waals surface area contributed by atoms with E-state index >= 15 is 0 Å². The molecule has 1 aliphatic rings. The molecule has 2 atom stereocenters. The molecule has 4 heteroatoms. The minimum atomic E-state index is 0. The van der Waals surface area contributed by atoms with E-state index in [2.05, 4.69) is 28.4 Å². The summed E-state index contributed by atoms with van der Waals surface area (Å²) in [7, 11) is 0.391. The van der Waals surface area contributed by atoms with Crippen LogP contribution in [0.15, 0.2) is 0 Å². The van der Waals surface area contributed by atoms with Gasteiger partial charge in [-0.1, -0.05) is 15.9 Å². The maximum absolute atomic E-state index is 11.0. The largest absolute Gasteiger partial charge is 1.00 e. The van der Waals surface area contributed by atoms with E-state index in [4.69, 9.17) is 0 Å². The van der Waals surface area contributed by atoms with Gasteiger partial charge in [-0.2, -0.15) is 0 Å². The van der Waals surface area contributed by atoms with E-state index < -0.39 is 0 Å². The minimum absolute atomic E-state index is 0. The molecule has 0 N–H and O–H groups in total. The van der Waals surface area contributed by atoms with Crippen LogP contribution in [0.3, 0.4) is 0 Å². The zero-order chi connectivity index (χ0) is 7.72. The van der Waals surface area contributed by atoms with Crippen molar-refractivity contribution in [2.24, 2.45) is 0 Å². The summed E-state index contributed by atoms with van der Waals surface area (Å²) < 4.78 is 0. The minimum Gasteiger partial charge on any atom is -1.00 e. The SMILES string of the molecule is C[S+](C)C1CCC(=O)C1Br.[Br-]. The van der Waals surface area contributed by atoms with Crippen LogP contribution in [0.25, 0.3) is 0 Å². The Balaban J connectivity index is 0.000001000. The first kappa shape index (κ1) is 12.0. The zero-order valence-electron chi connectivity index (χ0n) is 6.64. The van der Waals surface area contributed by atoms with E-state index in [1.165, 1.54) is 0 Å². The fourth-order valence-corrected chi connectivity index (χ4v) is 4.26. The summed E-state index contributed by atoms with van der Waals surface area (Å²) in [4.78, 5) is 11.2. The molecule has 66 valence electrons. The number of carbonyl (C=O) groups excluding carboxylic acids is 1. The Kier molecular flexibility index (Phi) is 5.31. The summed E-state index contributed by atoms with van der Waals surface area (Å²) in [5, 5.41) is 0.604. The fraction of sp³-hybridized carbons (Fsp3) is 0.857. The molecule has 0 amide bonds. The number of hydrogen-bond donors (Lipinski definition) is 0. The Bertz CT molecular complexity index is 149. The predicted molar refractivity (Wildman–Crippen MR) is 50.0 cm³/mol. The van der Waals surface area contributed by atoms with Crippen LogP contribution in [-0.2, 0) is 15.7 Å². The van der Waals surface area contributed by atoms with Gasteiger partial charge in [-0.25, -0.2) is 0 Å². The zero-order valence-corrected chi connectivity index (χ0v) is 10.6. The lowest BCUT2D eigenvalue weighted by molar-refractivity contribution is -0.116. The highest BCUT2D eigenvalue weighted by molar-refractivity contribution is 9.10. The van der Waals surface area contributed by atoms with E-state index in [-0.39, 0.29) is 21.8 Å². The molecule has 1 fully saturated rings. The average molecular weight is 304 g/mol. The standard InChI is InChI=1S/C7H12BrOS.BrH/c1-10(2)6-4-3-5(9)7(6)8;/h6-7H,3-4H2,1-2H3;1H/q+1;/p-1. The summed E-state index contributed by atoms with van der Waals surface area (Å²) >= 11 is 3.43. The Morgan fingerprint density at radius 1 is 1.55 bits per heavy atom.